The molecule has 2 aromatic heterocycles. The molecule has 0 saturated heterocycles. The Morgan fingerprint density at radius 3 is 2.13 bits per heavy atom. The largest absolute Gasteiger partial charge is 0.280 e. The van der Waals surface area contributed by atoms with E-state index in [1.54, 1.807) is 23.2 Å². The summed E-state index contributed by atoms with van der Waals surface area (Å²) in [6, 6.07) is 25.9. The molecule has 2 heterocycles. The van der Waals surface area contributed by atoms with Crippen LogP contribution < -0.4 is 10.5 Å². The van der Waals surface area contributed by atoms with Crippen LogP contribution in [0.5, 0.6) is 0 Å². The van der Waals surface area contributed by atoms with Crippen LogP contribution in [0.2, 0.25) is 0 Å². The summed E-state index contributed by atoms with van der Waals surface area (Å²) < 4.78 is 0. The van der Waals surface area contributed by atoms with Crippen LogP contribution in [0, 0.1) is 0 Å². The summed E-state index contributed by atoms with van der Waals surface area (Å²) in [5.74, 6) is -0.218. The smallest absolute Gasteiger partial charge is 0.276 e. The number of H-pyrrole nitrogens is 2. The summed E-state index contributed by atoms with van der Waals surface area (Å²) in [6.45, 7) is 0. The zero-order valence-electron chi connectivity index (χ0n) is 16.3. The molecule has 5 rings (SSSR count). The first-order valence-electron chi connectivity index (χ1n) is 9.69. The van der Waals surface area contributed by atoms with Crippen LogP contribution in [0.25, 0.3) is 22.0 Å². The summed E-state index contributed by atoms with van der Waals surface area (Å²) >= 11 is 0. The lowest BCUT2D eigenvalue weighted by molar-refractivity contribution is 0.0994. The number of carbonyl (C=O) groups is 1. The Morgan fingerprint density at radius 1 is 0.742 bits per heavy atom. The minimum Gasteiger partial charge on any atom is -0.276 e. The number of nitrogens with zero attached hydrogens (tertiary/aromatic N) is 3. The average Bonchev–Trinajstić information content (AvgIpc) is 3.36. The van der Waals surface area contributed by atoms with Crippen molar-refractivity contribution < 1.29 is 4.79 Å². The van der Waals surface area contributed by atoms with Crippen molar-refractivity contribution in [3.05, 3.63) is 107 Å². The molecular formula is C24H17N5O2. The van der Waals surface area contributed by atoms with Crippen molar-refractivity contribution in [2.45, 2.75) is 0 Å². The van der Waals surface area contributed by atoms with E-state index in [-0.39, 0.29) is 11.5 Å². The standard InChI is InChI=1S/C24H17N5O2/c30-23-20-9-5-4-8-19(20)22(27-28-23)16-10-12-18(13-11-16)29(17-6-2-1-3-7-17)24(31)21-14-15-25-26-21/h1-15H,(H,25,26)(H,28,30). The van der Waals surface area contributed by atoms with Gasteiger partial charge in [-0.05, 0) is 36.4 Å². The maximum absolute atomic E-state index is 13.2. The average molecular weight is 407 g/mol. The lowest BCUT2D eigenvalue weighted by Crippen LogP contribution is -2.26. The predicted molar refractivity (Wildman–Crippen MR) is 119 cm³/mol. The number of aromatic amines is 2. The normalized spacial score (nSPS) is 10.8. The van der Waals surface area contributed by atoms with Gasteiger partial charge in [-0.1, -0.05) is 48.5 Å². The Kier molecular flexibility index (Phi) is 4.61. The van der Waals surface area contributed by atoms with Gasteiger partial charge in [-0.3, -0.25) is 19.6 Å². The van der Waals surface area contributed by atoms with Crippen molar-refractivity contribution in [1.29, 1.82) is 0 Å². The molecule has 7 nitrogen and oxygen atoms in total. The van der Waals surface area contributed by atoms with Crippen LogP contribution in [0.4, 0.5) is 11.4 Å². The van der Waals surface area contributed by atoms with Crippen molar-refractivity contribution in [3.8, 4) is 11.3 Å². The first-order valence-corrected chi connectivity index (χ1v) is 9.69. The number of nitrogens with one attached hydrogen (secondary N) is 2. The van der Waals surface area contributed by atoms with E-state index in [1.807, 2.05) is 72.8 Å². The topological polar surface area (TPSA) is 94.7 Å². The predicted octanol–water partition coefficient (Wildman–Crippen LogP) is 4.29. The number of anilines is 2. The van der Waals surface area contributed by atoms with Gasteiger partial charge in [0.1, 0.15) is 5.69 Å². The minimum atomic E-state index is -0.226. The highest BCUT2D eigenvalue weighted by molar-refractivity contribution is 6.10. The van der Waals surface area contributed by atoms with Crippen LogP contribution in [0.15, 0.2) is 95.9 Å². The number of hydrogen-bond donors (Lipinski definition) is 2. The SMILES string of the molecule is O=C(c1ccn[nH]1)N(c1ccccc1)c1ccc(-c2n[nH]c(=O)c3ccccc23)cc1. The number of amides is 1. The van der Waals surface area contributed by atoms with E-state index in [2.05, 4.69) is 20.4 Å². The highest BCUT2D eigenvalue weighted by Gasteiger charge is 2.21. The molecule has 0 bridgehead atoms. The number of aromatic nitrogens is 4. The molecule has 0 spiro atoms. The fourth-order valence-electron chi connectivity index (χ4n) is 3.56. The Bertz CT molecular complexity index is 1410. The second kappa shape index (κ2) is 7.72. The van der Waals surface area contributed by atoms with Crippen molar-refractivity contribution in [2.75, 3.05) is 4.90 Å². The molecule has 3 aromatic carbocycles. The molecular weight excluding hydrogens is 390 g/mol. The number of hydrogen-bond acceptors (Lipinski definition) is 4. The van der Waals surface area contributed by atoms with Gasteiger partial charge in [0.25, 0.3) is 11.5 Å². The molecule has 0 fully saturated rings. The van der Waals surface area contributed by atoms with E-state index in [1.165, 1.54) is 0 Å². The number of para-hydroxylation sites is 1. The van der Waals surface area contributed by atoms with Crippen molar-refractivity contribution in [2.24, 2.45) is 0 Å². The zero-order chi connectivity index (χ0) is 21.2. The molecule has 31 heavy (non-hydrogen) atoms. The monoisotopic (exact) mass is 407 g/mol. The molecule has 0 saturated carbocycles. The molecule has 150 valence electrons. The molecule has 0 atom stereocenters. The third-order valence-electron chi connectivity index (χ3n) is 5.04. The van der Waals surface area contributed by atoms with Crippen molar-refractivity contribution in [1.82, 2.24) is 20.4 Å². The number of carbonyl (C=O) groups excluding carboxylic acids is 1. The molecule has 0 radical (unpaired) electrons. The first kappa shape index (κ1) is 18.5. The third-order valence-corrected chi connectivity index (χ3v) is 5.04. The van der Waals surface area contributed by atoms with Crippen LogP contribution in [0.3, 0.4) is 0 Å². The van der Waals surface area contributed by atoms with Gasteiger partial charge in [-0.25, -0.2) is 5.10 Å². The van der Waals surface area contributed by atoms with Gasteiger partial charge in [-0.2, -0.15) is 10.2 Å². The first-order chi connectivity index (χ1) is 15.2. The summed E-state index contributed by atoms with van der Waals surface area (Å²) in [5, 5.41) is 14.8. The van der Waals surface area contributed by atoms with E-state index < -0.39 is 0 Å². The molecule has 2 N–H and O–H groups in total. The molecule has 0 aliphatic heterocycles. The van der Waals surface area contributed by atoms with Crippen LogP contribution in [-0.2, 0) is 0 Å². The second-order valence-corrected chi connectivity index (χ2v) is 6.94. The Labute approximate surface area is 177 Å². The van der Waals surface area contributed by atoms with Crippen LogP contribution in [0.1, 0.15) is 10.5 Å². The maximum atomic E-state index is 13.2. The molecule has 0 aliphatic carbocycles. The van der Waals surface area contributed by atoms with Gasteiger partial charge in [0.05, 0.1) is 11.1 Å². The summed E-state index contributed by atoms with van der Waals surface area (Å²) in [5.41, 5.74) is 3.11. The summed E-state index contributed by atoms with van der Waals surface area (Å²) in [7, 11) is 0. The second-order valence-electron chi connectivity index (χ2n) is 6.94. The summed E-state index contributed by atoms with van der Waals surface area (Å²) in [6.07, 6.45) is 1.55. The van der Waals surface area contributed by atoms with Gasteiger partial charge in [0, 0.05) is 28.5 Å². The third kappa shape index (κ3) is 3.38. The van der Waals surface area contributed by atoms with Gasteiger partial charge < -0.3 is 0 Å². The van der Waals surface area contributed by atoms with Crippen molar-refractivity contribution >= 4 is 28.1 Å². The molecule has 0 aliphatic rings. The number of rotatable bonds is 4. The molecule has 5 aromatic rings. The molecule has 0 unspecified atom stereocenters. The summed E-state index contributed by atoms with van der Waals surface area (Å²) in [4.78, 5) is 26.9. The maximum Gasteiger partial charge on any atom is 0.280 e. The lowest BCUT2D eigenvalue weighted by Gasteiger charge is -2.22. The highest BCUT2D eigenvalue weighted by Crippen LogP contribution is 2.30. The fraction of sp³-hybridized carbons (Fsp3) is 0. The van der Waals surface area contributed by atoms with E-state index in [0.717, 1.165) is 16.6 Å². The Morgan fingerprint density at radius 2 is 1.42 bits per heavy atom. The Balaban J connectivity index is 1.59. The fourth-order valence-corrected chi connectivity index (χ4v) is 3.56. The van der Waals surface area contributed by atoms with Crippen LogP contribution in [-0.4, -0.2) is 26.3 Å². The number of benzene rings is 3. The molecule has 7 heteroatoms. The zero-order valence-corrected chi connectivity index (χ0v) is 16.3. The minimum absolute atomic E-state index is 0.218. The van der Waals surface area contributed by atoms with Gasteiger partial charge in [-0.15, -0.1) is 0 Å². The van der Waals surface area contributed by atoms with Crippen molar-refractivity contribution in [3.63, 3.8) is 0 Å². The van der Waals surface area contributed by atoms with E-state index in [9.17, 15) is 9.59 Å². The van der Waals surface area contributed by atoms with Gasteiger partial charge in [0.2, 0.25) is 0 Å². The van der Waals surface area contributed by atoms with E-state index in [0.29, 0.717) is 22.5 Å². The lowest BCUT2D eigenvalue weighted by atomic mass is 10.0. The quantitative estimate of drug-likeness (QED) is 0.465. The van der Waals surface area contributed by atoms with Gasteiger partial charge >= 0.3 is 0 Å². The Hall–Kier alpha value is -4.52. The van der Waals surface area contributed by atoms with E-state index >= 15 is 0 Å². The highest BCUT2D eigenvalue weighted by atomic mass is 16.2. The number of fused-ring (bicyclic) bond motifs is 1. The van der Waals surface area contributed by atoms with Gasteiger partial charge in [0.15, 0.2) is 0 Å². The molecule has 1 amide bonds. The van der Waals surface area contributed by atoms with E-state index in [4.69, 9.17) is 0 Å². The van der Waals surface area contributed by atoms with Crippen LogP contribution >= 0.6 is 0 Å².